The molecule has 106 valence electrons. The first kappa shape index (κ1) is 15.3. The molecule has 0 aliphatic heterocycles. The molecule has 0 fully saturated rings. The Morgan fingerprint density at radius 3 is 2.75 bits per heavy atom. The van der Waals surface area contributed by atoms with Crippen molar-refractivity contribution < 1.29 is 9.13 Å². The molecule has 0 aliphatic rings. The van der Waals surface area contributed by atoms with Crippen LogP contribution in [0.25, 0.3) is 0 Å². The average molecular weight is 359 g/mol. The third-order valence-electron chi connectivity index (χ3n) is 2.85. The zero-order valence-electron chi connectivity index (χ0n) is 10.9. The van der Waals surface area contributed by atoms with E-state index < -0.39 is 0 Å². The third kappa shape index (κ3) is 3.72. The molecule has 0 bridgehead atoms. The number of rotatable bonds is 4. The fraction of sp³-hybridized carbons (Fsp3) is 0.200. The van der Waals surface area contributed by atoms with E-state index in [0.29, 0.717) is 16.3 Å². The predicted molar refractivity (Wildman–Crippen MR) is 82.5 cm³/mol. The largest absolute Gasteiger partial charge is 0.488 e. The molecule has 2 nitrogen and oxygen atoms in total. The van der Waals surface area contributed by atoms with E-state index in [2.05, 4.69) is 15.9 Å². The van der Waals surface area contributed by atoms with Crippen molar-refractivity contribution in [3.8, 4) is 5.75 Å². The summed E-state index contributed by atoms with van der Waals surface area (Å²) in [4.78, 5) is 0. The molecule has 2 N–H and O–H groups in total. The number of halogens is 3. The zero-order valence-corrected chi connectivity index (χ0v) is 13.2. The van der Waals surface area contributed by atoms with Crippen LogP contribution in [-0.2, 0) is 6.61 Å². The predicted octanol–water partition coefficient (Wildman–Crippen LogP) is 4.84. The van der Waals surface area contributed by atoms with E-state index in [-0.39, 0.29) is 18.5 Å². The highest BCUT2D eigenvalue weighted by Gasteiger charge is 2.10. The number of hydrogen-bond acceptors (Lipinski definition) is 2. The molecule has 0 amide bonds. The van der Waals surface area contributed by atoms with Gasteiger partial charge < -0.3 is 10.5 Å². The van der Waals surface area contributed by atoms with Crippen molar-refractivity contribution in [2.75, 3.05) is 0 Å². The Hall–Kier alpha value is -1.10. The SMILES string of the molecule is CC(N)c1cc(Br)ccc1OCc1cc(Cl)ccc1F. The second kappa shape index (κ2) is 6.57. The van der Waals surface area contributed by atoms with Crippen molar-refractivity contribution in [1.82, 2.24) is 0 Å². The summed E-state index contributed by atoms with van der Waals surface area (Å²) in [5, 5.41) is 0.480. The minimum absolute atomic E-state index is 0.105. The first-order valence-corrected chi connectivity index (χ1v) is 7.26. The van der Waals surface area contributed by atoms with Gasteiger partial charge in [0.2, 0.25) is 0 Å². The lowest BCUT2D eigenvalue weighted by Gasteiger charge is -2.15. The van der Waals surface area contributed by atoms with Gasteiger partial charge in [-0.15, -0.1) is 0 Å². The van der Waals surface area contributed by atoms with E-state index in [1.807, 2.05) is 25.1 Å². The fourth-order valence-corrected chi connectivity index (χ4v) is 2.39. The van der Waals surface area contributed by atoms with E-state index in [1.54, 1.807) is 6.07 Å². The molecule has 2 aromatic rings. The summed E-state index contributed by atoms with van der Waals surface area (Å²) in [6, 6.07) is 9.78. The van der Waals surface area contributed by atoms with Crippen molar-refractivity contribution >= 4 is 27.5 Å². The number of ether oxygens (including phenoxy) is 1. The van der Waals surface area contributed by atoms with Crippen LogP contribution >= 0.6 is 27.5 Å². The van der Waals surface area contributed by atoms with Crippen LogP contribution in [0.2, 0.25) is 5.02 Å². The van der Waals surface area contributed by atoms with E-state index in [4.69, 9.17) is 22.1 Å². The molecule has 0 heterocycles. The lowest BCUT2D eigenvalue weighted by atomic mass is 10.1. The van der Waals surface area contributed by atoms with E-state index >= 15 is 0 Å². The maximum absolute atomic E-state index is 13.6. The van der Waals surface area contributed by atoms with Gasteiger partial charge in [-0.2, -0.15) is 0 Å². The number of nitrogens with two attached hydrogens (primary N) is 1. The minimum atomic E-state index is -0.339. The summed E-state index contributed by atoms with van der Waals surface area (Å²) in [5.74, 6) is 0.302. The molecule has 20 heavy (non-hydrogen) atoms. The summed E-state index contributed by atoms with van der Waals surface area (Å²) >= 11 is 9.25. The number of hydrogen-bond donors (Lipinski definition) is 1. The Bertz CT molecular complexity index is 619. The van der Waals surface area contributed by atoms with Crippen molar-refractivity contribution in [1.29, 1.82) is 0 Å². The third-order valence-corrected chi connectivity index (χ3v) is 3.58. The second-order valence-corrected chi connectivity index (χ2v) is 5.85. The Kier molecular flexibility index (Phi) is 5.02. The maximum atomic E-state index is 13.6. The molecule has 1 atom stereocenters. The normalized spacial score (nSPS) is 12.2. The van der Waals surface area contributed by atoms with Gasteiger partial charge in [-0.3, -0.25) is 0 Å². The minimum Gasteiger partial charge on any atom is -0.488 e. The van der Waals surface area contributed by atoms with Gasteiger partial charge in [-0.1, -0.05) is 27.5 Å². The lowest BCUT2D eigenvalue weighted by molar-refractivity contribution is 0.295. The number of benzene rings is 2. The molecular weight excluding hydrogens is 345 g/mol. The van der Waals surface area contributed by atoms with E-state index in [1.165, 1.54) is 12.1 Å². The van der Waals surface area contributed by atoms with Crippen LogP contribution in [0.15, 0.2) is 40.9 Å². The highest BCUT2D eigenvalue weighted by molar-refractivity contribution is 9.10. The summed E-state index contributed by atoms with van der Waals surface area (Å²) in [6.45, 7) is 1.97. The first-order valence-electron chi connectivity index (χ1n) is 6.09. The van der Waals surface area contributed by atoms with Crippen LogP contribution in [0.1, 0.15) is 24.1 Å². The molecule has 0 spiro atoms. The first-order chi connectivity index (χ1) is 9.47. The highest BCUT2D eigenvalue weighted by Crippen LogP contribution is 2.28. The van der Waals surface area contributed by atoms with Gasteiger partial charge in [0.25, 0.3) is 0 Å². The molecule has 5 heteroatoms. The van der Waals surface area contributed by atoms with Crippen LogP contribution in [-0.4, -0.2) is 0 Å². The van der Waals surface area contributed by atoms with E-state index in [9.17, 15) is 4.39 Å². The van der Waals surface area contributed by atoms with Gasteiger partial charge in [-0.25, -0.2) is 4.39 Å². The lowest BCUT2D eigenvalue weighted by Crippen LogP contribution is -2.08. The van der Waals surface area contributed by atoms with Crippen LogP contribution in [0.4, 0.5) is 4.39 Å². The summed E-state index contributed by atoms with van der Waals surface area (Å²) in [7, 11) is 0. The molecular formula is C15H14BrClFNO. The van der Waals surface area contributed by atoms with Crippen molar-refractivity contribution in [2.24, 2.45) is 5.73 Å². The Morgan fingerprint density at radius 1 is 1.30 bits per heavy atom. The molecule has 0 saturated heterocycles. The van der Waals surface area contributed by atoms with Crippen molar-refractivity contribution in [2.45, 2.75) is 19.6 Å². The maximum Gasteiger partial charge on any atom is 0.129 e. The highest BCUT2D eigenvalue weighted by atomic mass is 79.9. The molecule has 0 aromatic heterocycles. The van der Waals surface area contributed by atoms with Crippen molar-refractivity contribution in [3.05, 3.63) is 62.8 Å². The molecule has 2 aromatic carbocycles. The van der Waals surface area contributed by atoms with Gasteiger partial charge >= 0.3 is 0 Å². The van der Waals surface area contributed by atoms with Gasteiger partial charge in [0, 0.05) is 26.7 Å². The molecule has 0 aliphatic carbocycles. The zero-order chi connectivity index (χ0) is 14.7. The van der Waals surface area contributed by atoms with Crippen LogP contribution in [0, 0.1) is 5.82 Å². The van der Waals surface area contributed by atoms with Crippen LogP contribution < -0.4 is 10.5 Å². The Labute approximate surface area is 130 Å². The smallest absolute Gasteiger partial charge is 0.129 e. The van der Waals surface area contributed by atoms with Gasteiger partial charge in [0.15, 0.2) is 0 Å². The quantitative estimate of drug-likeness (QED) is 0.848. The standard InChI is InChI=1S/C15H14BrClFNO/c1-9(19)13-7-11(16)2-5-15(13)20-8-10-6-12(17)3-4-14(10)18/h2-7,9H,8,19H2,1H3. The topological polar surface area (TPSA) is 35.2 Å². The molecule has 2 rings (SSSR count). The van der Waals surface area contributed by atoms with Gasteiger partial charge in [-0.05, 0) is 43.3 Å². The average Bonchev–Trinajstić information content (AvgIpc) is 2.40. The Balaban J connectivity index is 2.20. The van der Waals surface area contributed by atoms with Gasteiger partial charge in [0.1, 0.15) is 18.2 Å². The second-order valence-electron chi connectivity index (χ2n) is 4.50. The monoisotopic (exact) mass is 357 g/mol. The van der Waals surface area contributed by atoms with Crippen LogP contribution in [0.3, 0.4) is 0 Å². The summed E-state index contributed by atoms with van der Waals surface area (Å²) < 4.78 is 20.2. The molecule has 0 saturated carbocycles. The van der Waals surface area contributed by atoms with Crippen LogP contribution in [0.5, 0.6) is 5.75 Å². The Morgan fingerprint density at radius 2 is 2.05 bits per heavy atom. The molecule has 0 radical (unpaired) electrons. The fourth-order valence-electron chi connectivity index (χ4n) is 1.82. The van der Waals surface area contributed by atoms with E-state index in [0.717, 1.165) is 10.0 Å². The van der Waals surface area contributed by atoms with Gasteiger partial charge in [0.05, 0.1) is 0 Å². The van der Waals surface area contributed by atoms with Crippen molar-refractivity contribution in [3.63, 3.8) is 0 Å². The molecule has 1 unspecified atom stereocenters. The summed E-state index contributed by atoms with van der Waals surface area (Å²) in [6.07, 6.45) is 0. The summed E-state index contributed by atoms with van der Waals surface area (Å²) in [5.41, 5.74) is 7.19.